The van der Waals surface area contributed by atoms with E-state index < -0.39 is 28.5 Å². The summed E-state index contributed by atoms with van der Waals surface area (Å²) < 4.78 is 5.18. The molecular weight excluding hydrogens is 422 g/mol. The van der Waals surface area contributed by atoms with Gasteiger partial charge in [0.1, 0.15) is 12.3 Å². The standard InChI is InChI=1S/C21H19N3O6S/c1-12-5-4-6-16(13(12)2)22-19(25)11-23-20(26)18(31-21(23)27)10-14-9-15(24(28)29)7-8-17(14)30-3/h4-10H,11H2,1-3H3,(H,22,25)/b18-10+. The van der Waals surface area contributed by atoms with E-state index in [2.05, 4.69) is 5.32 Å². The van der Waals surface area contributed by atoms with Gasteiger partial charge in [0, 0.05) is 23.4 Å². The van der Waals surface area contributed by atoms with E-state index in [1.54, 1.807) is 12.1 Å². The molecule has 1 aliphatic heterocycles. The second-order valence-electron chi connectivity index (χ2n) is 6.75. The van der Waals surface area contributed by atoms with Gasteiger partial charge in [-0.25, -0.2) is 0 Å². The molecule has 0 aromatic heterocycles. The zero-order valence-corrected chi connectivity index (χ0v) is 17.8. The Hall–Kier alpha value is -3.66. The van der Waals surface area contributed by atoms with E-state index in [9.17, 15) is 24.5 Å². The highest BCUT2D eigenvalue weighted by Crippen LogP contribution is 2.35. The zero-order chi connectivity index (χ0) is 22.7. The van der Waals surface area contributed by atoms with Gasteiger partial charge in [-0.15, -0.1) is 0 Å². The number of aryl methyl sites for hydroxylation is 1. The van der Waals surface area contributed by atoms with Crippen molar-refractivity contribution < 1.29 is 24.0 Å². The van der Waals surface area contributed by atoms with Crippen LogP contribution in [0.4, 0.5) is 16.2 Å². The van der Waals surface area contributed by atoms with E-state index >= 15 is 0 Å². The van der Waals surface area contributed by atoms with Gasteiger partial charge in [-0.2, -0.15) is 0 Å². The van der Waals surface area contributed by atoms with Gasteiger partial charge in [-0.05, 0) is 54.9 Å². The van der Waals surface area contributed by atoms with Crippen LogP contribution in [0, 0.1) is 24.0 Å². The van der Waals surface area contributed by atoms with Crippen LogP contribution in [0.15, 0.2) is 41.3 Å². The number of amides is 3. The number of thioether (sulfide) groups is 1. The van der Waals surface area contributed by atoms with Gasteiger partial charge < -0.3 is 10.1 Å². The number of benzene rings is 2. The van der Waals surface area contributed by atoms with Crippen LogP contribution in [-0.2, 0) is 9.59 Å². The number of nitro groups is 1. The predicted molar refractivity (Wildman–Crippen MR) is 117 cm³/mol. The van der Waals surface area contributed by atoms with Crippen LogP contribution in [-0.4, -0.2) is 40.5 Å². The number of nitrogens with one attached hydrogen (secondary N) is 1. The van der Waals surface area contributed by atoms with Gasteiger partial charge in [-0.3, -0.25) is 29.4 Å². The molecule has 3 rings (SSSR count). The number of imide groups is 1. The number of rotatable bonds is 6. The number of ether oxygens (including phenoxy) is 1. The lowest BCUT2D eigenvalue weighted by Crippen LogP contribution is -2.36. The third kappa shape index (κ3) is 4.75. The van der Waals surface area contributed by atoms with Crippen LogP contribution < -0.4 is 10.1 Å². The van der Waals surface area contributed by atoms with Gasteiger partial charge in [0.15, 0.2) is 0 Å². The Morgan fingerprint density at radius 2 is 2.00 bits per heavy atom. The minimum absolute atomic E-state index is 0.0448. The molecule has 1 saturated heterocycles. The molecule has 0 bridgehead atoms. The van der Waals surface area contributed by atoms with Crippen molar-refractivity contribution in [2.24, 2.45) is 0 Å². The van der Waals surface area contributed by atoms with Crippen LogP contribution in [0.25, 0.3) is 6.08 Å². The second-order valence-corrected chi connectivity index (χ2v) is 7.74. The van der Waals surface area contributed by atoms with Crippen LogP contribution >= 0.6 is 11.8 Å². The molecule has 1 N–H and O–H groups in total. The number of hydrogen-bond acceptors (Lipinski definition) is 7. The van der Waals surface area contributed by atoms with Crippen molar-refractivity contribution in [2.75, 3.05) is 19.0 Å². The first-order valence-electron chi connectivity index (χ1n) is 9.15. The normalized spacial score (nSPS) is 14.8. The number of non-ortho nitro benzene ring substituents is 1. The summed E-state index contributed by atoms with van der Waals surface area (Å²) >= 11 is 0.657. The van der Waals surface area contributed by atoms with Crippen molar-refractivity contribution in [2.45, 2.75) is 13.8 Å². The lowest BCUT2D eigenvalue weighted by atomic mass is 10.1. The van der Waals surface area contributed by atoms with Crippen LogP contribution in [0.5, 0.6) is 5.75 Å². The van der Waals surface area contributed by atoms with E-state index in [0.717, 1.165) is 16.0 Å². The predicted octanol–water partition coefficient (Wildman–Crippen LogP) is 3.90. The van der Waals surface area contributed by atoms with Crippen LogP contribution in [0.3, 0.4) is 0 Å². The average Bonchev–Trinajstić information content (AvgIpc) is 2.98. The average molecular weight is 441 g/mol. The van der Waals surface area contributed by atoms with Crippen molar-refractivity contribution in [3.8, 4) is 5.75 Å². The molecule has 0 atom stereocenters. The number of carbonyl (C=O) groups is 3. The molecule has 9 nitrogen and oxygen atoms in total. The topological polar surface area (TPSA) is 119 Å². The SMILES string of the molecule is COc1ccc([N+](=O)[O-])cc1/C=C1/SC(=O)N(CC(=O)Nc2cccc(C)c2C)C1=O. The summed E-state index contributed by atoms with van der Waals surface area (Å²) in [7, 11) is 1.39. The molecule has 0 spiro atoms. The number of methoxy groups -OCH3 is 1. The number of anilines is 1. The lowest BCUT2D eigenvalue weighted by Gasteiger charge is -2.14. The Morgan fingerprint density at radius 1 is 1.26 bits per heavy atom. The molecule has 1 heterocycles. The largest absolute Gasteiger partial charge is 0.496 e. The van der Waals surface area contributed by atoms with Gasteiger partial charge >= 0.3 is 0 Å². The first kappa shape index (κ1) is 22.0. The van der Waals surface area contributed by atoms with E-state index in [-0.39, 0.29) is 16.2 Å². The molecule has 2 aromatic carbocycles. The fourth-order valence-corrected chi connectivity index (χ4v) is 3.77. The Balaban J connectivity index is 1.79. The van der Waals surface area contributed by atoms with Gasteiger partial charge in [0.25, 0.3) is 16.8 Å². The maximum absolute atomic E-state index is 12.7. The Kier molecular flexibility index (Phi) is 6.40. The maximum Gasteiger partial charge on any atom is 0.294 e. The fraction of sp³-hybridized carbons (Fsp3) is 0.190. The zero-order valence-electron chi connectivity index (χ0n) is 17.0. The highest BCUT2D eigenvalue weighted by Gasteiger charge is 2.36. The molecule has 1 fully saturated rings. The van der Waals surface area contributed by atoms with E-state index in [0.29, 0.717) is 23.2 Å². The van der Waals surface area contributed by atoms with Crippen LogP contribution in [0.1, 0.15) is 16.7 Å². The fourth-order valence-electron chi connectivity index (χ4n) is 2.95. The number of hydrogen-bond donors (Lipinski definition) is 1. The molecule has 1 aliphatic rings. The van der Waals surface area contributed by atoms with Crippen molar-refractivity contribution >= 4 is 46.3 Å². The summed E-state index contributed by atoms with van der Waals surface area (Å²) in [6.45, 7) is 3.33. The molecule has 2 aromatic rings. The first-order chi connectivity index (χ1) is 14.7. The van der Waals surface area contributed by atoms with E-state index in [1.165, 1.54) is 31.4 Å². The van der Waals surface area contributed by atoms with Crippen LogP contribution in [0.2, 0.25) is 0 Å². The minimum atomic E-state index is -0.653. The van der Waals surface area contributed by atoms with Crippen molar-refractivity contribution in [1.82, 2.24) is 4.90 Å². The summed E-state index contributed by atoms with van der Waals surface area (Å²) in [4.78, 5) is 48.8. The molecular formula is C21H19N3O6S. The van der Waals surface area contributed by atoms with Crippen molar-refractivity contribution in [1.29, 1.82) is 0 Å². The van der Waals surface area contributed by atoms with E-state index in [1.807, 2.05) is 19.9 Å². The summed E-state index contributed by atoms with van der Waals surface area (Å²) in [5, 5.41) is 13.2. The monoisotopic (exact) mass is 441 g/mol. The summed E-state index contributed by atoms with van der Waals surface area (Å²) in [6.07, 6.45) is 1.35. The van der Waals surface area contributed by atoms with Crippen molar-refractivity contribution in [3.05, 3.63) is 68.1 Å². The van der Waals surface area contributed by atoms with E-state index in [4.69, 9.17) is 4.74 Å². The number of nitro benzene ring substituents is 1. The lowest BCUT2D eigenvalue weighted by molar-refractivity contribution is -0.384. The Bertz CT molecular complexity index is 1130. The smallest absolute Gasteiger partial charge is 0.294 e. The maximum atomic E-state index is 12.7. The van der Waals surface area contributed by atoms with Crippen molar-refractivity contribution in [3.63, 3.8) is 0 Å². The quantitative estimate of drug-likeness (QED) is 0.410. The summed E-state index contributed by atoms with van der Waals surface area (Å²) in [6, 6.07) is 9.38. The third-order valence-electron chi connectivity index (χ3n) is 4.76. The summed E-state index contributed by atoms with van der Waals surface area (Å²) in [5.41, 5.74) is 2.59. The molecule has 160 valence electrons. The third-order valence-corrected chi connectivity index (χ3v) is 5.67. The van der Waals surface area contributed by atoms with Gasteiger partial charge in [0.05, 0.1) is 16.9 Å². The highest BCUT2D eigenvalue weighted by molar-refractivity contribution is 8.18. The molecule has 0 saturated carbocycles. The highest BCUT2D eigenvalue weighted by atomic mass is 32.2. The molecule has 31 heavy (non-hydrogen) atoms. The second kappa shape index (κ2) is 9.00. The molecule has 3 amide bonds. The molecule has 0 aliphatic carbocycles. The number of nitrogens with zero attached hydrogens (tertiary/aromatic N) is 2. The molecule has 0 radical (unpaired) electrons. The van der Waals surface area contributed by atoms with Gasteiger partial charge in [-0.1, -0.05) is 12.1 Å². The van der Waals surface area contributed by atoms with Gasteiger partial charge in [0.2, 0.25) is 5.91 Å². The number of carbonyl (C=O) groups excluding carboxylic acids is 3. The minimum Gasteiger partial charge on any atom is -0.496 e. The first-order valence-corrected chi connectivity index (χ1v) is 9.96. The molecule has 0 unspecified atom stereocenters. The summed E-state index contributed by atoms with van der Waals surface area (Å²) in [5.74, 6) is -0.852. The Morgan fingerprint density at radius 3 is 2.68 bits per heavy atom. The Labute approximate surface area is 182 Å². The molecule has 10 heteroatoms.